The number of fused-ring (bicyclic) bond motifs is 2. The van der Waals surface area contributed by atoms with Crippen LogP contribution in [-0.4, -0.2) is 60.1 Å². The molecule has 0 radical (unpaired) electrons. The Kier molecular flexibility index (Phi) is 11.0. The average molecular weight is 668 g/mol. The van der Waals surface area contributed by atoms with Crippen molar-refractivity contribution < 1.29 is 13.7 Å². The van der Waals surface area contributed by atoms with Crippen LogP contribution in [0.25, 0.3) is 0 Å². The monoisotopic (exact) mass is 667 g/mol. The number of aryl methyl sites for hydroxylation is 1. The fraction of sp³-hybridized carbons (Fsp3) is 0.658. The Morgan fingerprint density at radius 1 is 0.957 bits per heavy atom. The molecule has 4 aliphatic rings. The van der Waals surface area contributed by atoms with Crippen molar-refractivity contribution in [2.24, 2.45) is 29.6 Å². The van der Waals surface area contributed by atoms with E-state index in [9.17, 15) is 9.00 Å². The summed E-state index contributed by atoms with van der Waals surface area (Å²) in [6.07, 6.45) is 10.7. The SMILES string of the molecule is CCCc1cc(Cl)ccc1C1COc2ccc3cc2N(C1)CC1CCC1C(C1CCN(C)CC1)CCCC(C)C(C)S(=O)NC3=O. The molecule has 7 unspecified atom stereocenters. The number of ether oxygens (including phenoxy) is 1. The van der Waals surface area contributed by atoms with Crippen molar-refractivity contribution in [3.63, 3.8) is 0 Å². The summed E-state index contributed by atoms with van der Waals surface area (Å²) in [6.45, 7) is 11.2. The number of benzene rings is 2. The summed E-state index contributed by atoms with van der Waals surface area (Å²) < 4.78 is 22.8. The first-order valence-corrected chi connectivity index (χ1v) is 19.5. The summed E-state index contributed by atoms with van der Waals surface area (Å²) in [4.78, 5) is 18.5. The zero-order valence-corrected chi connectivity index (χ0v) is 29.9. The summed E-state index contributed by atoms with van der Waals surface area (Å²) >= 11 is 6.47. The predicted octanol–water partition coefficient (Wildman–Crippen LogP) is 7.86. The molecule has 0 spiro atoms. The van der Waals surface area contributed by atoms with E-state index in [0.717, 1.165) is 73.0 Å². The molecule has 2 aromatic carbocycles. The molecular weight excluding hydrogens is 614 g/mol. The lowest BCUT2D eigenvalue weighted by atomic mass is 9.60. The van der Waals surface area contributed by atoms with E-state index >= 15 is 0 Å². The lowest BCUT2D eigenvalue weighted by molar-refractivity contribution is 0.0369. The number of amides is 1. The molecule has 3 heterocycles. The number of hydrogen-bond acceptors (Lipinski definition) is 5. The van der Waals surface area contributed by atoms with Crippen LogP contribution in [0.3, 0.4) is 0 Å². The third-order valence-corrected chi connectivity index (χ3v) is 13.6. The summed E-state index contributed by atoms with van der Waals surface area (Å²) in [5, 5.41) is 0.678. The second kappa shape index (κ2) is 15.0. The summed E-state index contributed by atoms with van der Waals surface area (Å²) in [7, 11) is 0.814. The number of anilines is 1. The maximum atomic E-state index is 13.5. The number of carbonyl (C=O) groups is 1. The van der Waals surface area contributed by atoms with Gasteiger partial charge in [0, 0.05) is 29.6 Å². The van der Waals surface area contributed by atoms with E-state index in [1.54, 1.807) is 0 Å². The number of piperidine rings is 1. The first-order valence-electron chi connectivity index (χ1n) is 17.9. The summed E-state index contributed by atoms with van der Waals surface area (Å²) in [6, 6.07) is 12.1. The van der Waals surface area contributed by atoms with Crippen LogP contribution in [0.2, 0.25) is 5.02 Å². The number of halogens is 1. The van der Waals surface area contributed by atoms with Gasteiger partial charge in [-0.25, -0.2) is 4.21 Å². The van der Waals surface area contributed by atoms with Crippen LogP contribution < -0.4 is 14.4 Å². The first kappa shape index (κ1) is 33.8. The van der Waals surface area contributed by atoms with Gasteiger partial charge in [0.1, 0.15) is 16.7 Å². The Morgan fingerprint density at radius 2 is 1.74 bits per heavy atom. The lowest BCUT2D eigenvalue weighted by Gasteiger charge is -2.48. The van der Waals surface area contributed by atoms with Crippen LogP contribution in [0.5, 0.6) is 5.75 Å². The van der Waals surface area contributed by atoms with Gasteiger partial charge in [0.2, 0.25) is 0 Å². The van der Waals surface area contributed by atoms with Crippen molar-refractivity contribution in [3.05, 3.63) is 58.1 Å². The van der Waals surface area contributed by atoms with Crippen LogP contribution in [-0.2, 0) is 17.4 Å². The molecule has 252 valence electrons. The van der Waals surface area contributed by atoms with Gasteiger partial charge in [0.25, 0.3) is 5.91 Å². The van der Waals surface area contributed by atoms with E-state index in [1.807, 2.05) is 31.2 Å². The molecule has 1 aliphatic carbocycles. The molecule has 1 N–H and O–H groups in total. The molecule has 6 rings (SSSR count). The Hall–Kier alpha value is -2.09. The van der Waals surface area contributed by atoms with Gasteiger partial charge in [-0.3, -0.25) is 9.52 Å². The molecule has 1 amide bonds. The topological polar surface area (TPSA) is 61.9 Å². The largest absolute Gasteiger partial charge is 0.491 e. The molecule has 2 bridgehead atoms. The summed E-state index contributed by atoms with van der Waals surface area (Å²) in [5.74, 6) is 3.91. The molecule has 7 atom stereocenters. The predicted molar refractivity (Wildman–Crippen MR) is 190 cm³/mol. The minimum Gasteiger partial charge on any atom is -0.491 e. The van der Waals surface area contributed by atoms with Gasteiger partial charge >= 0.3 is 0 Å². The number of hydrogen-bond donors (Lipinski definition) is 1. The molecule has 8 heteroatoms. The van der Waals surface area contributed by atoms with Crippen molar-refractivity contribution in [2.75, 3.05) is 44.7 Å². The normalized spacial score (nSPS) is 31.6. The third kappa shape index (κ3) is 7.47. The third-order valence-electron chi connectivity index (χ3n) is 11.9. The maximum Gasteiger partial charge on any atom is 0.263 e. The number of likely N-dealkylation sites (tertiary alicyclic amines) is 1. The fourth-order valence-electron chi connectivity index (χ4n) is 8.74. The Bertz CT molecular complexity index is 1400. The van der Waals surface area contributed by atoms with E-state index in [4.69, 9.17) is 16.3 Å². The standard InChI is InChI=1S/C38H54ClN3O3S/c1-5-7-28-20-32(39)12-14-33(28)31-23-42-22-30-10-13-35(30)34(27-16-18-41(4)19-17-27)9-6-8-25(2)26(3)46(44)40-38(43)29-11-15-37(45-24-31)36(42)21-29/h11-12,14-15,20-21,25-27,30-31,34-35H,5-10,13,16-19,22-24H2,1-4H3,(H,40,43). The van der Waals surface area contributed by atoms with Crippen LogP contribution in [0.4, 0.5) is 5.69 Å². The molecule has 1 saturated heterocycles. The second-order valence-electron chi connectivity index (χ2n) is 14.8. The number of nitrogens with zero attached hydrogens (tertiary/aromatic N) is 2. The average Bonchev–Trinajstić information content (AvgIpc) is 3.21. The van der Waals surface area contributed by atoms with Crippen LogP contribution >= 0.6 is 11.6 Å². The highest BCUT2D eigenvalue weighted by Gasteiger charge is 2.42. The van der Waals surface area contributed by atoms with Gasteiger partial charge < -0.3 is 14.5 Å². The minimum atomic E-state index is -1.45. The fourth-order valence-corrected chi connectivity index (χ4v) is 9.98. The Morgan fingerprint density at radius 3 is 2.48 bits per heavy atom. The molecule has 1 saturated carbocycles. The van der Waals surface area contributed by atoms with Gasteiger partial charge in [-0.1, -0.05) is 44.4 Å². The van der Waals surface area contributed by atoms with Gasteiger partial charge in [-0.05, 0) is 143 Å². The van der Waals surface area contributed by atoms with Crippen molar-refractivity contribution in [1.29, 1.82) is 0 Å². The summed E-state index contributed by atoms with van der Waals surface area (Å²) in [5.41, 5.74) is 4.15. The Labute approximate surface area is 284 Å². The molecule has 46 heavy (non-hydrogen) atoms. The first-order chi connectivity index (χ1) is 22.2. The molecule has 3 aliphatic heterocycles. The van der Waals surface area contributed by atoms with E-state index < -0.39 is 11.0 Å². The van der Waals surface area contributed by atoms with E-state index in [1.165, 1.54) is 56.3 Å². The van der Waals surface area contributed by atoms with E-state index in [0.29, 0.717) is 18.1 Å². The Balaban J connectivity index is 1.36. The highest BCUT2D eigenvalue weighted by atomic mass is 35.5. The van der Waals surface area contributed by atoms with Crippen LogP contribution in [0.1, 0.15) is 99.5 Å². The minimum absolute atomic E-state index is 0.104. The lowest BCUT2D eigenvalue weighted by Crippen LogP contribution is -2.46. The van der Waals surface area contributed by atoms with E-state index in [-0.39, 0.29) is 23.0 Å². The molecule has 2 aromatic rings. The highest BCUT2D eigenvalue weighted by molar-refractivity contribution is 7.84. The maximum absolute atomic E-state index is 13.5. The number of nitrogens with one attached hydrogen (secondary N) is 1. The van der Waals surface area contributed by atoms with Crippen LogP contribution in [0.15, 0.2) is 36.4 Å². The quantitative estimate of drug-likeness (QED) is 0.360. The van der Waals surface area contributed by atoms with Crippen molar-refractivity contribution in [2.45, 2.75) is 89.7 Å². The van der Waals surface area contributed by atoms with Gasteiger partial charge in [0.05, 0.1) is 17.5 Å². The number of rotatable bonds is 4. The number of carbonyl (C=O) groups excluding carboxylic acids is 1. The van der Waals surface area contributed by atoms with Gasteiger partial charge in [-0.2, -0.15) is 0 Å². The smallest absolute Gasteiger partial charge is 0.263 e. The van der Waals surface area contributed by atoms with Crippen molar-refractivity contribution >= 4 is 34.2 Å². The zero-order chi connectivity index (χ0) is 32.4. The van der Waals surface area contributed by atoms with Gasteiger partial charge in [0.15, 0.2) is 0 Å². The molecule has 2 fully saturated rings. The van der Waals surface area contributed by atoms with Gasteiger partial charge in [-0.15, -0.1) is 0 Å². The highest BCUT2D eigenvalue weighted by Crippen LogP contribution is 2.49. The molecular formula is C38H54ClN3O3S. The molecule has 0 aromatic heterocycles. The van der Waals surface area contributed by atoms with E-state index in [2.05, 4.69) is 47.5 Å². The molecule has 6 nitrogen and oxygen atoms in total. The zero-order valence-electron chi connectivity index (χ0n) is 28.3. The second-order valence-corrected chi connectivity index (χ2v) is 16.8. The van der Waals surface area contributed by atoms with Crippen molar-refractivity contribution in [1.82, 2.24) is 9.62 Å². The van der Waals surface area contributed by atoms with Crippen LogP contribution in [0, 0.1) is 29.6 Å². The van der Waals surface area contributed by atoms with Crippen molar-refractivity contribution in [3.8, 4) is 5.75 Å².